The van der Waals surface area contributed by atoms with Crippen molar-refractivity contribution in [1.29, 1.82) is 0 Å². The van der Waals surface area contributed by atoms with Gasteiger partial charge in [-0.15, -0.1) is 0 Å². The van der Waals surface area contributed by atoms with E-state index in [1.54, 1.807) is 24.4 Å². The zero-order chi connectivity index (χ0) is 17.1. The van der Waals surface area contributed by atoms with Crippen LogP contribution in [0.15, 0.2) is 36.5 Å². The molecule has 8 nitrogen and oxygen atoms in total. The van der Waals surface area contributed by atoms with E-state index in [-0.39, 0.29) is 17.3 Å². The minimum absolute atomic E-state index is 0.0166. The van der Waals surface area contributed by atoms with Crippen LogP contribution in [0.1, 0.15) is 23.3 Å². The number of nitrogens with one attached hydrogen (secondary N) is 1. The van der Waals surface area contributed by atoms with Gasteiger partial charge in [0.15, 0.2) is 5.69 Å². The number of hydrogen-bond acceptors (Lipinski definition) is 5. The molecule has 1 aliphatic carbocycles. The Kier molecular flexibility index (Phi) is 4.57. The fraction of sp³-hybridized carbons (Fsp3) is 0.375. The molecule has 1 aromatic heterocycles. The molecular formula is C16H19N5O3. The molecule has 0 aliphatic heterocycles. The van der Waals surface area contributed by atoms with Gasteiger partial charge in [0.25, 0.3) is 11.6 Å². The summed E-state index contributed by atoms with van der Waals surface area (Å²) in [6.45, 7) is 1.37. The van der Waals surface area contributed by atoms with Crippen LogP contribution in [0.2, 0.25) is 0 Å². The summed E-state index contributed by atoms with van der Waals surface area (Å²) in [6, 6.07) is 8.37. The third-order valence-electron chi connectivity index (χ3n) is 4.05. The summed E-state index contributed by atoms with van der Waals surface area (Å²) in [7, 11) is 2.06. The van der Waals surface area contributed by atoms with E-state index < -0.39 is 4.92 Å². The Labute approximate surface area is 139 Å². The molecule has 0 saturated heterocycles. The van der Waals surface area contributed by atoms with Crippen molar-refractivity contribution in [1.82, 2.24) is 20.0 Å². The number of amides is 1. The molecule has 0 bridgehead atoms. The SMILES string of the molecule is CN(CCNC(=O)c1ccn(-c2cccc([N+](=O)[O-])c2)n1)C1CC1. The van der Waals surface area contributed by atoms with E-state index in [4.69, 9.17) is 0 Å². The average Bonchev–Trinajstić information content (AvgIpc) is 3.31. The van der Waals surface area contributed by atoms with Gasteiger partial charge in [0.05, 0.1) is 10.6 Å². The lowest BCUT2D eigenvalue weighted by atomic mass is 10.3. The van der Waals surface area contributed by atoms with Crippen molar-refractivity contribution in [3.05, 3.63) is 52.3 Å². The van der Waals surface area contributed by atoms with Crippen molar-refractivity contribution >= 4 is 11.6 Å². The highest BCUT2D eigenvalue weighted by atomic mass is 16.6. The van der Waals surface area contributed by atoms with Gasteiger partial charge in [-0.05, 0) is 32.0 Å². The van der Waals surface area contributed by atoms with Gasteiger partial charge in [-0.2, -0.15) is 5.10 Å². The first-order valence-corrected chi connectivity index (χ1v) is 7.83. The summed E-state index contributed by atoms with van der Waals surface area (Å²) in [6.07, 6.45) is 4.08. The van der Waals surface area contributed by atoms with Crippen molar-refractivity contribution in [3.8, 4) is 5.69 Å². The number of rotatable bonds is 7. The number of aromatic nitrogens is 2. The summed E-state index contributed by atoms with van der Waals surface area (Å²) in [5, 5.41) is 17.9. The second kappa shape index (κ2) is 6.79. The maximum absolute atomic E-state index is 12.1. The lowest BCUT2D eigenvalue weighted by Gasteiger charge is -2.15. The molecule has 0 radical (unpaired) electrons. The Morgan fingerprint density at radius 3 is 2.96 bits per heavy atom. The molecule has 3 rings (SSSR count). The van der Waals surface area contributed by atoms with Crippen LogP contribution < -0.4 is 5.32 Å². The number of nitro benzene ring substituents is 1. The lowest BCUT2D eigenvalue weighted by Crippen LogP contribution is -2.34. The Morgan fingerprint density at radius 2 is 2.25 bits per heavy atom. The highest BCUT2D eigenvalue weighted by Gasteiger charge is 2.25. The molecule has 0 unspecified atom stereocenters. The Hall–Kier alpha value is -2.74. The maximum atomic E-state index is 12.1. The largest absolute Gasteiger partial charge is 0.349 e. The van der Waals surface area contributed by atoms with Crippen LogP contribution in [-0.2, 0) is 0 Å². The minimum atomic E-state index is -0.461. The standard InChI is InChI=1S/C16H19N5O3/c1-19(12-5-6-12)10-8-17-16(22)15-7-9-20(18-15)13-3-2-4-14(11-13)21(23)24/h2-4,7,9,11-12H,5-6,8,10H2,1H3,(H,17,22). The highest BCUT2D eigenvalue weighted by Crippen LogP contribution is 2.24. The minimum Gasteiger partial charge on any atom is -0.349 e. The van der Waals surface area contributed by atoms with Crippen molar-refractivity contribution < 1.29 is 9.72 Å². The van der Waals surface area contributed by atoms with Gasteiger partial charge >= 0.3 is 0 Å². The van der Waals surface area contributed by atoms with Gasteiger partial charge in [0.2, 0.25) is 0 Å². The summed E-state index contributed by atoms with van der Waals surface area (Å²) < 4.78 is 1.46. The molecule has 0 spiro atoms. The van der Waals surface area contributed by atoms with Crippen LogP contribution in [0.25, 0.3) is 5.69 Å². The lowest BCUT2D eigenvalue weighted by molar-refractivity contribution is -0.384. The van der Waals surface area contributed by atoms with Crippen molar-refractivity contribution in [2.45, 2.75) is 18.9 Å². The van der Waals surface area contributed by atoms with Crippen molar-refractivity contribution in [3.63, 3.8) is 0 Å². The number of carbonyl (C=O) groups is 1. The van der Waals surface area contributed by atoms with Crippen LogP contribution in [0.4, 0.5) is 5.69 Å². The van der Waals surface area contributed by atoms with Gasteiger partial charge in [-0.1, -0.05) is 6.07 Å². The topological polar surface area (TPSA) is 93.3 Å². The first-order chi connectivity index (χ1) is 11.5. The molecule has 1 aromatic carbocycles. The highest BCUT2D eigenvalue weighted by molar-refractivity contribution is 5.92. The Balaban J connectivity index is 1.61. The average molecular weight is 329 g/mol. The molecule has 0 atom stereocenters. The number of non-ortho nitro benzene ring substituents is 1. The number of nitro groups is 1. The van der Waals surface area contributed by atoms with E-state index in [1.165, 1.54) is 29.7 Å². The van der Waals surface area contributed by atoms with Crippen LogP contribution in [0.3, 0.4) is 0 Å². The van der Waals surface area contributed by atoms with E-state index >= 15 is 0 Å². The fourth-order valence-electron chi connectivity index (χ4n) is 2.47. The van der Waals surface area contributed by atoms with E-state index in [9.17, 15) is 14.9 Å². The predicted molar refractivity (Wildman–Crippen MR) is 88.2 cm³/mol. The molecule has 1 N–H and O–H groups in total. The summed E-state index contributed by atoms with van der Waals surface area (Å²) in [5.41, 5.74) is 0.810. The smallest absolute Gasteiger partial charge is 0.271 e. The number of nitrogens with zero attached hydrogens (tertiary/aromatic N) is 4. The molecule has 1 aliphatic rings. The number of carbonyl (C=O) groups excluding carboxylic acids is 1. The second-order valence-electron chi connectivity index (χ2n) is 5.89. The molecule has 126 valence electrons. The molecule has 24 heavy (non-hydrogen) atoms. The van der Waals surface area contributed by atoms with Gasteiger partial charge in [0.1, 0.15) is 0 Å². The molecule has 1 saturated carbocycles. The van der Waals surface area contributed by atoms with E-state index in [0.717, 1.165) is 6.54 Å². The third kappa shape index (κ3) is 3.77. The van der Waals surface area contributed by atoms with Crippen LogP contribution in [-0.4, -0.2) is 51.7 Å². The first kappa shape index (κ1) is 16.1. The van der Waals surface area contributed by atoms with E-state index in [0.29, 0.717) is 18.3 Å². The zero-order valence-electron chi connectivity index (χ0n) is 13.4. The summed E-state index contributed by atoms with van der Waals surface area (Å²) in [4.78, 5) is 24.7. The molecule has 1 amide bonds. The van der Waals surface area contributed by atoms with E-state index in [1.807, 2.05) is 0 Å². The van der Waals surface area contributed by atoms with Crippen LogP contribution in [0.5, 0.6) is 0 Å². The summed E-state index contributed by atoms with van der Waals surface area (Å²) >= 11 is 0. The zero-order valence-corrected chi connectivity index (χ0v) is 13.4. The van der Waals surface area contributed by atoms with Gasteiger partial charge in [-0.25, -0.2) is 4.68 Å². The molecule has 2 aromatic rings. The quantitative estimate of drug-likeness (QED) is 0.615. The van der Waals surface area contributed by atoms with Crippen molar-refractivity contribution in [2.24, 2.45) is 0 Å². The second-order valence-corrected chi connectivity index (χ2v) is 5.89. The van der Waals surface area contributed by atoms with Crippen molar-refractivity contribution in [2.75, 3.05) is 20.1 Å². The fourth-order valence-corrected chi connectivity index (χ4v) is 2.47. The van der Waals surface area contributed by atoms with Crippen LogP contribution in [0, 0.1) is 10.1 Å². The predicted octanol–water partition coefficient (Wildman–Crippen LogP) is 1.60. The van der Waals surface area contributed by atoms with Gasteiger partial charge in [-0.3, -0.25) is 14.9 Å². The summed E-state index contributed by atoms with van der Waals surface area (Å²) in [5.74, 6) is -0.247. The number of benzene rings is 1. The number of likely N-dealkylation sites (N-methyl/N-ethyl adjacent to an activating group) is 1. The molecule has 1 heterocycles. The first-order valence-electron chi connectivity index (χ1n) is 7.83. The van der Waals surface area contributed by atoms with Gasteiger partial charge in [0, 0.05) is 37.5 Å². The van der Waals surface area contributed by atoms with Gasteiger partial charge < -0.3 is 10.2 Å². The normalized spacial score (nSPS) is 13.9. The molecular weight excluding hydrogens is 310 g/mol. The Morgan fingerprint density at radius 1 is 1.46 bits per heavy atom. The van der Waals surface area contributed by atoms with E-state index in [2.05, 4.69) is 22.4 Å². The molecule has 8 heteroatoms. The molecule has 1 fully saturated rings. The Bertz CT molecular complexity index is 754. The van der Waals surface area contributed by atoms with Crippen LogP contribution >= 0.6 is 0 Å². The number of hydrogen-bond donors (Lipinski definition) is 1. The monoisotopic (exact) mass is 329 g/mol. The third-order valence-corrected chi connectivity index (χ3v) is 4.05. The maximum Gasteiger partial charge on any atom is 0.271 e.